The number of hydrogen-bond donors (Lipinski definition) is 1. The maximum Gasteiger partial charge on any atom is 0.123 e. The van der Waals surface area contributed by atoms with Crippen molar-refractivity contribution in [1.82, 2.24) is 20.0 Å². The highest BCUT2D eigenvalue weighted by Gasteiger charge is 2.09. The van der Waals surface area contributed by atoms with Gasteiger partial charge in [-0.25, -0.2) is 15.4 Å². The van der Waals surface area contributed by atoms with E-state index in [2.05, 4.69) is 20.0 Å². The van der Waals surface area contributed by atoms with Crippen LogP contribution in [0.1, 0.15) is 25.1 Å². The van der Waals surface area contributed by atoms with E-state index in [0.29, 0.717) is 0 Å². The van der Waals surface area contributed by atoms with Crippen molar-refractivity contribution in [1.29, 1.82) is 0 Å². The van der Waals surface area contributed by atoms with Crippen LogP contribution >= 0.6 is 0 Å². The minimum atomic E-state index is 0.837. The minimum absolute atomic E-state index is 0.837. The second-order valence-corrected chi connectivity index (χ2v) is 3.84. The predicted molar refractivity (Wildman–Crippen MR) is 55.5 cm³/mol. The van der Waals surface area contributed by atoms with Gasteiger partial charge in [0, 0.05) is 32.5 Å². The van der Waals surface area contributed by atoms with E-state index >= 15 is 0 Å². The Kier molecular flexibility index (Phi) is 3.16. The average Bonchev–Trinajstić information content (AvgIpc) is 2.63. The summed E-state index contributed by atoms with van der Waals surface area (Å²) in [6, 6.07) is 0. The molecule has 1 N–H and O–H groups in total. The third kappa shape index (κ3) is 2.33. The van der Waals surface area contributed by atoms with Crippen molar-refractivity contribution >= 4 is 0 Å². The van der Waals surface area contributed by atoms with Gasteiger partial charge in [0.1, 0.15) is 5.82 Å². The number of nitrogens with one attached hydrogen (secondary N) is 1. The van der Waals surface area contributed by atoms with E-state index in [1.165, 1.54) is 32.4 Å². The van der Waals surface area contributed by atoms with Crippen molar-refractivity contribution < 1.29 is 0 Å². The lowest BCUT2D eigenvalue weighted by molar-refractivity contribution is 0.149. The van der Waals surface area contributed by atoms with Gasteiger partial charge in [0.15, 0.2) is 0 Å². The molecule has 0 bridgehead atoms. The van der Waals surface area contributed by atoms with Gasteiger partial charge in [0.2, 0.25) is 0 Å². The zero-order valence-corrected chi connectivity index (χ0v) is 8.74. The van der Waals surface area contributed by atoms with Gasteiger partial charge in [0.05, 0.1) is 6.54 Å². The molecule has 1 fully saturated rings. The smallest absolute Gasteiger partial charge is 0.123 e. The zero-order valence-electron chi connectivity index (χ0n) is 8.74. The monoisotopic (exact) mass is 194 g/mol. The number of piperidine rings is 1. The van der Waals surface area contributed by atoms with Crippen LogP contribution in [-0.4, -0.2) is 27.6 Å². The van der Waals surface area contributed by atoms with Crippen LogP contribution < -0.4 is 5.43 Å². The molecule has 4 nitrogen and oxygen atoms in total. The van der Waals surface area contributed by atoms with Gasteiger partial charge in [0.25, 0.3) is 0 Å². The van der Waals surface area contributed by atoms with Crippen LogP contribution in [0.5, 0.6) is 0 Å². The summed E-state index contributed by atoms with van der Waals surface area (Å²) in [7, 11) is 2.03. The highest BCUT2D eigenvalue weighted by atomic mass is 15.5. The molecule has 0 aromatic carbocycles. The van der Waals surface area contributed by atoms with Crippen LogP contribution in [0.25, 0.3) is 0 Å². The van der Waals surface area contributed by atoms with Crippen LogP contribution in [0.15, 0.2) is 12.4 Å². The van der Waals surface area contributed by atoms with E-state index in [1.54, 1.807) is 0 Å². The van der Waals surface area contributed by atoms with Crippen LogP contribution in [0.4, 0.5) is 0 Å². The summed E-state index contributed by atoms with van der Waals surface area (Å²) in [5.74, 6) is 1.09. The highest BCUT2D eigenvalue weighted by Crippen LogP contribution is 2.06. The van der Waals surface area contributed by atoms with E-state index in [1.807, 2.05) is 19.4 Å². The Bertz CT molecular complexity index is 275. The predicted octanol–water partition coefficient (Wildman–Crippen LogP) is 0.911. The lowest BCUT2D eigenvalue weighted by Crippen LogP contribution is -2.41. The minimum Gasteiger partial charge on any atom is -0.337 e. The molecule has 0 atom stereocenters. The molecular weight excluding hydrogens is 176 g/mol. The quantitative estimate of drug-likeness (QED) is 0.776. The third-order valence-electron chi connectivity index (χ3n) is 2.74. The molecular formula is C10H18N4. The van der Waals surface area contributed by atoms with Gasteiger partial charge in [-0.3, -0.25) is 0 Å². The fourth-order valence-corrected chi connectivity index (χ4v) is 1.80. The van der Waals surface area contributed by atoms with Crippen LogP contribution in [0.3, 0.4) is 0 Å². The number of hydrazine groups is 1. The van der Waals surface area contributed by atoms with Crippen molar-refractivity contribution in [3.8, 4) is 0 Å². The number of nitrogens with zero attached hydrogens (tertiary/aromatic N) is 3. The number of aryl methyl sites for hydroxylation is 1. The molecule has 1 aromatic heterocycles. The SMILES string of the molecule is Cn1ccnc1CNN1CCCCC1. The van der Waals surface area contributed by atoms with Crippen molar-refractivity contribution in [2.75, 3.05) is 13.1 Å². The first-order chi connectivity index (χ1) is 6.86. The molecule has 1 aliphatic heterocycles. The third-order valence-corrected chi connectivity index (χ3v) is 2.74. The Morgan fingerprint density at radius 2 is 2.14 bits per heavy atom. The van der Waals surface area contributed by atoms with Crippen molar-refractivity contribution in [2.45, 2.75) is 25.8 Å². The van der Waals surface area contributed by atoms with Gasteiger partial charge in [-0.1, -0.05) is 6.42 Å². The van der Waals surface area contributed by atoms with Gasteiger partial charge < -0.3 is 4.57 Å². The van der Waals surface area contributed by atoms with Gasteiger partial charge in [-0.05, 0) is 12.8 Å². The molecule has 0 unspecified atom stereocenters. The van der Waals surface area contributed by atoms with E-state index in [4.69, 9.17) is 0 Å². The maximum atomic E-state index is 4.27. The fourth-order valence-electron chi connectivity index (χ4n) is 1.80. The Morgan fingerprint density at radius 1 is 1.36 bits per heavy atom. The number of rotatable bonds is 3. The van der Waals surface area contributed by atoms with E-state index in [0.717, 1.165) is 12.4 Å². The summed E-state index contributed by atoms with van der Waals surface area (Å²) in [5.41, 5.74) is 3.41. The lowest BCUT2D eigenvalue weighted by atomic mass is 10.2. The molecule has 0 radical (unpaired) electrons. The van der Waals surface area contributed by atoms with Gasteiger partial charge in [-0.15, -0.1) is 0 Å². The van der Waals surface area contributed by atoms with Crippen LogP contribution in [0.2, 0.25) is 0 Å². The van der Waals surface area contributed by atoms with Gasteiger partial charge in [-0.2, -0.15) is 0 Å². The molecule has 0 amide bonds. The first-order valence-electron chi connectivity index (χ1n) is 5.31. The summed E-state index contributed by atoms with van der Waals surface area (Å²) < 4.78 is 2.05. The number of hydrogen-bond acceptors (Lipinski definition) is 3. The van der Waals surface area contributed by atoms with Crippen molar-refractivity contribution in [3.05, 3.63) is 18.2 Å². The molecule has 14 heavy (non-hydrogen) atoms. The molecule has 0 spiro atoms. The maximum absolute atomic E-state index is 4.27. The standard InChI is InChI=1S/C10H18N4/c1-13-8-5-11-10(13)9-12-14-6-3-2-4-7-14/h5,8,12H,2-4,6-7,9H2,1H3. The Balaban J connectivity index is 1.79. The van der Waals surface area contributed by atoms with E-state index in [-0.39, 0.29) is 0 Å². The van der Waals surface area contributed by atoms with E-state index in [9.17, 15) is 0 Å². The molecule has 4 heteroatoms. The average molecular weight is 194 g/mol. The topological polar surface area (TPSA) is 33.1 Å². The van der Waals surface area contributed by atoms with Crippen LogP contribution in [0, 0.1) is 0 Å². The first kappa shape index (κ1) is 9.68. The highest BCUT2D eigenvalue weighted by molar-refractivity contribution is 4.89. The molecule has 2 rings (SSSR count). The van der Waals surface area contributed by atoms with E-state index < -0.39 is 0 Å². The molecule has 1 saturated heterocycles. The van der Waals surface area contributed by atoms with Crippen LogP contribution in [-0.2, 0) is 13.6 Å². The summed E-state index contributed by atoms with van der Waals surface area (Å²) in [4.78, 5) is 4.27. The molecule has 0 saturated carbocycles. The normalized spacial score (nSPS) is 18.6. The summed E-state index contributed by atoms with van der Waals surface area (Å²) >= 11 is 0. The molecule has 2 heterocycles. The second-order valence-electron chi connectivity index (χ2n) is 3.84. The fraction of sp³-hybridized carbons (Fsp3) is 0.700. The van der Waals surface area contributed by atoms with Crippen molar-refractivity contribution in [2.24, 2.45) is 7.05 Å². The zero-order chi connectivity index (χ0) is 9.80. The molecule has 0 aliphatic carbocycles. The number of aromatic nitrogens is 2. The Hall–Kier alpha value is -0.870. The molecule has 78 valence electrons. The largest absolute Gasteiger partial charge is 0.337 e. The summed E-state index contributed by atoms with van der Waals surface area (Å²) in [5, 5.41) is 2.30. The second kappa shape index (κ2) is 4.57. The molecule has 1 aromatic rings. The van der Waals surface area contributed by atoms with Gasteiger partial charge >= 0.3 is 0 Å². The number of imidazole rings is 1. The lowest BCUT2D eigenvalue weighted by Gasteiger charge is -2.26. The molecule has 1 aliphatic rings. The summed E-state index contributed by atoms with van der Waals surface area (Å²) in [6.45, 7) is 3.18. The summed E-state index contributed by atoms with van der Waals surface area (Å²) in [6.07, 6.45) is 7.82. The Morgan fingerprint density at radius 3 is 2.79 bits per heavy atom. The Labute approximate surface area is 84.9 Å². The first-order valence-corrected chi connectivity index (χ1v) is 5.31. The van der Waals surface area contributed by atoms with Crippen molar-refractivity contribution in [3.63, 3.8) is 0 Å².